The smallest absolute Gasteiger partial charge is 0.123 e. The summed E-state index contributed by atoms with van der Waals surface area (Å²) in [6, 6.07) is 22.0. The van der Waals surface area contributed by atoms with Crippen LogP contribution in [-0.4, -0.2) is 12.6 Å². The first-order chi connectivity index (χ1) is 15.7. The first-order valence-corrected chi connectivity index (χ1v) is 11.7. The third-order valence-corrected chi connectivity index (χ3v) is 6.85. The van der Waals surface area contributed by atoms with E-state index in [1.165, 1.54) is 38.9 Å². The fourth-order valence-corrected chi connectivity index (χ4v) is 5.09. The molecule has 0 amide bonds. The van der Waals surface area contributed by atoms with Crippen LogP contribution < -0.4 is 10.1 Å². The minimum absolute atomic E-state index is 0.137. The van der Waals surface area contributed by atoms with E-state index in [4.69, 9.17) is 4.74 Å². The van der Waals surface area contributed by atoms with Crippen LogP contribution in [0, 0.1) is 6.92 Å². The van der Waals surface area contributed by atoms with Crippen molar-refractivity contribution in [3.05, 3.63) is 112 Å². The summed E-state index contributed by atoms with van der Waals surface area (Å²) >= 11 is 0. The topological polar surface area (TPSA) is 21.3 Å². The average Bonchev–Trinajstić information content (AvgIpc) is 2.84. The van der Waals surface area contributed by atoms with E-state index < -0.39 is 0 Å². The second kappa shape index (κ2) is 9.18. The summed E-state index contributed by atoms with van der Waals surface area (Å²) in [7, 11) is 0. The predicted molar refractivity (Wildman–Crippen MR) is 134 cm³/mol. The van der Waals surface area contributed by atoms with Crippen LogP contribution in [0.2, 0.25) is 0 Å². The van der Waals surface area contributed by atoms with Crippen molar-refractivity contribution in [2.45, 2.75) is 44.8 Å². The first kappa shape index (κ1) is 20.8. The Bertz CT molecular complexity index is 1160. The standard InChI is InChI=1S/C30H31NO/c1-3-22-17-24(16-15-21(22)2)29-18-26(32-30-14-7-6-13-28(29)30)20-31-19-25-11-8-10-23-9-4-5-12-27(23)25/h3,5-8,10-17,26,29,31H,1,4,9,18-20H2,2H3. The summed E-state index contributed by atoms with van der Waals surface area (Å²) < 4.78 is 6.42. The summed E-state index contributed by atoms with van der Waals surface area (Å²) in [5.74, 6) is 1.34. The molecule has 5 rings (SSSR count). The van der Waals surface area contributed by atoms with Gasteiger partial charge in [-0.25, -0.2) is 0 Å². The Kier molecular flexibility index (Phi) is 5.96. The predicted octanol–water partition coefficient (Wildman–Crippen LogP) is 6.67. The normalized spacial score (nSPS) is 19.0. The molecule has 2 nitrogen and oxygen atoms in total. The molecule has 3 aromatic carbocycles. The lowest BCUT2D eigenvalue weighted by Crippen LogP contribution is -2.35. The molecule has 162 valence electrons. The molecule has 0 spiro atoms. The van der Waals surface area contributed by atoms with Crippen LogP contribution in [0.15, 0.2) is 73.3 Å². The zero-order chi connectivity index (χ0) is 21.9. The maximum Gasteiger partial charge on any atom is 0.123 e. The van der Waals surface area contributed by atoms with E-state index in [0.717, 1.165) is 38.1 Å². The van der Waals surface area contributed by atoms with Gasteiger partial charge < -0.3 is 10.1 Å². The molecule has 0 bridgehead atoms. The Balaban J connectivity index is 1.33. The van der Waals surface area contributed by atoms with Gasteiger partial charge in [-0.1, -0.05) is 79.4 Å². The summed E-state index contributed by atoms with van der Waals surface area (Å²) in [6.07, 6.45) is 9.93. The van der Waals surface area contributed by atoms with Crippen LogP contribution in [-0.2, 0) is 13.0 Å². The fraction of sp³-hybridized carbons (Fsp3) is 0.267. The van der Waals surface area contributed by atoms with Gasteiger partial charge in [0.2, 0.25) is 0 Å². The molecular weight excluding hydrogens is 390 g/mol. The summed E-state index contributed by atoms with van der Waals surface area (Å²) in [5, 5.41) is 3.68. The van der Waals surface area contributed by atoms with E-state index >= 15 is 0 Å². The van der Waals surface area contributed by atoms with Gasteiger partial charge in [-0.2, -0.15) is 0 Å². The lowest BCUT2D eigenvalue weighted by Gasteiger charge is -2.33. The number of aryl methyl sites for hydroxylation is 2. The molecule has 2 atom stereocenters. The van der Waals surface area contributed by atoms with Crippen LogP contribution in [0.4, 0.5) is 0 Å². The third-order valence-electron chi connectivity index (χ3n) is 6.85. The summed E-state index contributed by atoms with van der Waals surface area (Å²) in [5.41, 5.74) is 9.34. The molecule has 1 aliphatic heterocycles. The number of para-hydroxylation sites is 1. The van der Waals surface area contributed by atoms with Gasteiger partial charge in [0.1, 0.15) is 11.9 Å². The number of rotatable bonds is 6. The van der Waals surface area contributed by atoms with Crippen molar-refractivity contribution in [2.75, 3.05) is 6.54 Å². The van der Waals surface area contributed by atoms with Gasteiger partial charge in [-0.05, 0) is 65.6 Å². The second-order valence-corrected chi connectivity index (χ2v) is 8.95. The van der Waals surface area contributed by atoms with Gasteiger partial charge in [0.15, 0.2) is 0 Å². The van der Waals surface area contributed by atoms with Gasteiger partial charge in [0, 0.05) is 24.6 Å². The zero-order valence-corrected chi connectivity index (χ0v) is 18.8. The molecule has 32 heavy (non-hydrogen) atoms. The van der Waals surface area contributed by atoms with Crippen molar-refractivity contribution in [2.24, 2.45) is 0 Å². The molecule has 3 aromatic rings. The van der Waals surface area contributed by atoms with Gasteiger partial charge in [-0.3, -0.25) is 0 Å². The van der Waals surface area contributed by atoms with Crippen molar-refractivity contribution >= 4 is 12.2 Å². The molecule has 1 N–H and O–H groups in total. The Morgan fingerprint density at radius 2 is 2.00 bits per heavy atom. The van der Waals surface area contributed by atoms with E-state index in [-0.39, 0.29) is 6.10 Å². The Morgan fingerprint density at radius 3 is 2.91 bits per heavy atom. The quantitative estimate of drug-likeness (QED) is 0.480. The Labute approximate surface area is 191 Å². The largest absolute Gasteiger partial charge is 0.489 e. The highest BCUT2D eigenvalue weighted by Crippen LogP contribution is 2.40. The first-order valence-electron chi connectivity index (χ1n) is 11.7. The average molecular weight is 422 g/mol. The van der Waals surface area contributed by atoms with E-state index in [1.807, 2.05) is 6.08 Å². The van der Waals surface area contributed by atoms with Crippen molar-refractivity contribution in [3.63, 3.8) is 0 Å². The minimum Gasteiger partial charge on any atom is -0.489 e. The molecular formula is C30H31NO. The summed E-state index contributed by atoms with van der Waals surface area (Å²) in [6.45, 7) is 7.84. The number of benzene rings is 3. The zero-order valence-electron chi connectivity index (χ0n) is 18.8. The maximum absolute atomic E-state index is 6.42. The molecule has 1 aliphatic carbocycles. The molecule has 2 aliphatic rings. The molecule has 0 fully saturated rings. The lowest BCUT2D eigenvalue weighted by molar-refractivity contribution is 0.162. The highest BCUT2D eigenvalue weighted by atomic mass is 16.5. The van der Waals surface area contributed by atoms with Gasteiger partial charge in [-0.15, -0.1) is 0 Å². The fourth-order valence-electron chi connectivity index (χ4n) is 5.09. The van der Waals surface area contributed by atoms with E-state index in [1.54, 1.807) is 0 Å². The van der Waals surface area contributed by atoms with Crippen LogP contribution in [0.5, 0.6) is 5.75 Å². The minimum atomic E-state index is 0.137. The highest BCUT2D eigenvalue weighted by molar-refractivity contribution is 5.60. The molecule has 2 heteroatoms. The van der Waals surface area contributed by atoms with Crippen LogP contribution >= 0.6 is 0 Å². The van der Waals surface area contributed by atoms with Gasteiger partial charge >= 0.3 is 0 Å². The lowest BCUT2D eigenvalue weighted by atomic mass is 9.83. The molecule has 1 heterocycles. The highest BCUT2D eigenvalue weighted by Gasteiger charge is 2.29. The number of nitrogens with one attached hydrogen (secondary N) is 1. The van der Waals surface area contributed by atoms with Crippen molar-refractivity contribution < 1.29 is 4.74 Å². The van der Waals surface area contributed by atoms with E-state index in [2.05, 4.69) is 91.6 Å². The van der Waals surface area contributed by atoms with E-state index in [0.29, 0.717) is 5.92 Å². The number of fused-ring (bicyclic) bond motifs is 2. The van der Waals surface area contributed by atoms with Crippen molar-refractivity contribution in [1.82, 2.24) is 5.32 Å². The van der Waals surface area contributed by atoms with Crippen LogP contribution in [0.3, 0.4) is 0 Å². The summed E-state index contributed by atoms with van der Waals surface area (Å²) in [4.78, 5) is 0. The second-order valence-electron chi connectivity index (χ2n) is 8.95. The van der Waals surface area contributed by atoms with Crippen LogP contribution in [0.1, 0.15) is 57.7 Å². The monoisotopic (exact) mass is 421 g/mol. The van der Waals surface area contributed by atoms with E-state index in [9.17, 15) is 0 Å². The Morgan fingerprint density at radius 1 is 1.09 bits per heavy atom. The van der Waals surface area contributed by atoms with Crippen molar-refractivity contribution in [3.8, 4) is 5.75 Å². The van der Waals surface area contributed by atoms with Crippen molar-refractivity contribution in [1.29, 1.82) is 0 Å². The third kappa shape index (κ3) is 4.16. The molecule has 0 radical (unpaired) electrons. The number of ether oxygens (including phenoxy) is 1. The maximum atomic E-state index is 6.42. The number of allylic oxidation sites excluding steroid dienone is 1. The SMILES string of the molecule is C=Cc1cc(C2CC(CNCc3cccc4c3C=CCC4)Oc3ccccc32)ccc1C. The molecule has 0 saturated heterocycles. The van der Waals surface area contributed by atoms with Crippen LogP contribution in [0.25, 0.3) is 12.2 Å². The number of hydrogen-bond acceptors (Lipinski definition) is 2. The van der Waals surface area contributed by atoms with Gasteiger partial charge in [0.05, 0.1) is 0 Å². The molecule has 2 unspecified atom stereocenters. The molecule has 0 saturated carbocycles. The molecule has 0 aromatic heterocycles. The number of hydrogen-bond donors (Lipinski definition) is 1. The Hall–Kier alpha value is -3.10. The van der Waals surface area contributed by atoms with Gasteiger partial charge in [0.25, 0.3) is 0 Å².